The second kappa shape index (κ2) is 6.69. The van der Waals surface area contributed by atoms with E-state index in [9.17, 15) is 0 Å². The summed E-state index contributed by atoms with van der Waals surface area (Å²) in [4.78, 5) is 0. The highest BCUT2D eigenvalue weighted by Gasteiger charge is 2.41. The summed E-state index contributed by atoms with van der Waals surface area (Å²) >= 11 is 0. The van der Waals surface area contributed by atoms with Crippen LogP contribution in [0.15, 0.2) is 71.8 Å². The monoisotopic (exact) mass is 400 g/mol. The van der Waals surface area contributed by atoms with Crippen molar-refractivity contribution in [2.45, 2.75) is 18.7 Å². The standard InChI is InChI=1S/C24H20N2O4/c1-27-17-9-6-15(7-10-17)24-26-20(18-4-2-3-5-21(18)30-24)13-19(25-26)16-8-11-22-23(12-16)29-14-28-22/h2-12,20,24H,13-14H2,1H3/t20-,24-/m0/s1. The molecular formula is C24H20N2O4. The van der Waals surface area contributed by atoms with Crippen molar-refractivity contribution < 1.29 is 18.9 Å². The van der Waals surface area contributed by atoms with Gasteiger partial charge in [-0.2, -0.15) is 5.10 Å². The normalized spacial score (nSPS) is 20.8. The Labute approximate surface area is 174 Å². The summed E-state index contributed by atoms with van der Waals surface area (Å²) in [5.74, 6) is 3.27. The molecular weight excluding hydrogens is 380 g/mol. The van der Waals surface area contributed by atoms with Crippen molar-refractivity contribution in [3.05, 3.63) is 83.4 Å². The Morgan fingerprint density at radius 3 is 2.63 bits per heavy atom. The minimum Gasteiger partial charge on any atom is -0.497 e. The van der Waals surface area contributed by atoms with E-state index in [-0.39, 0.29) is 19.1 Å². The molecule has 0 radical (unpaired) electrons. The number of fused-ring (bicyclic) bond motifs is 4. The predicted molar refractivity (Wildman–Crippen MR) is 111 cm³/mol. The van der Waals surface area contributed by atoms with E-state index in [2.05, 4.69) is 11.1 Å². The number of rotatable bonds is 3. The fourth-order valence-corrected chi connectivity index (χ4v) is 4.27. The molecule has 0 saturated heterocycles. The Hall–Kier alpha value is -3.67. The molecule has 3 heterocycles. The summed E-state index contributed by atoms with van der Waals surface area (Å²) in [6, 6.07) is 22.3. The summed E-state index contributed by atoms with van der Waals surface area (Å²) in [7, 11) is 1.67. The van der Waals surface area contributed by atoms with E-state index in [1.807, 2.05) is 60.7 Å². The highest BCUT2D eigenvalue weighted by Crippen LogP contribution is 2.48. The van der Waals surface area contributed by atoms with E-state index >= 15 is 0 Å². The lowest BCUT2D eigenvalue weighted by molar-refractivity contribution is -0.0190. The van der Waals surface area contributed by atoms with E-state index in [0.29, 0.717) is 0 Å². The first kappa shape index (κ1) is 17.2. The largest absolute Gasteiger partial charge is 0.497 e. The zero-order valence-corrected chi connectivity index (χ0v) is 16.4. The van der Waals surface area contributed by atoms with E-state index in [4.69, 9.17) is 24.0 Å². The van der Waals surface area contributed by atoms with Gasteiger partial charge in [0.15, 0.2) is 11.5 Å². The summed E-state index contributed by atoms with van der Waals surface area (Å²) in [6.07, 6.45) is 0.495. The van der Waals surface area contributed by atoms with E-state index in [1.165, 1.54) is 0 Å². The first-order valence-corrected chi connectivity index (χ1v) is 9.95. The minimum atomic E-state index is -0.303. The average Bonchev–Trinajstić information content (AvgIpc) is 3.45. The maximum atomic E-state index is 6.40. The van der Waals surface area contributed by atoms with Crippen molar-refractivity contribution in [3.8, 4) is 23.0 Å². The van der Waals surface area contributed by atoms with Crippen LogP contribution in [0.3, 0.4) is 0 Å². The molecule has 0 N–H and O–H groups in total. The number of hydrogen-bond donors (Lipinski definition) is 0. The molecule has 3 aromatic rings. The van der Waals surface area contributed by atoms with Crippen LogP contribution in [-0.2, 0) is 0 Å². The van der Waals surface area contributed by atoms with Gasteiger partial charge in [0, 0.05) is 23.1 Å². The molecule has 0 bridgehead atoms. The molecule has 0 unspecified atom stereocenters. The first-order valence-electron chi connectivity index (χ1n) is 9.95. The van der Waals surface area contributed by atoms with Crippen LogP contribution < -0.4 is 18.9 Å². The average molecular weight is 400 g/mol. The number of benzene rings is 3. The molecule has 0 amide bonds. The SMILES string of the molecule is COc1ccc([C@@H]2Oc3ccccc3[C@@H]3CC(c4ccc5c(c4)OCO5)=NN32)cc1. The summed E-state index contributed by atoms with van der Waals surface area (Å²) in [5.41, 5.74) is 4.24. The maximum Gasteiger partial charge on any atom is 0.231 e. The van der Waals surface area contributed by atoms with E-state index in [0.717, 1.165) is 51.8 Å². The fraction of sp³-hybridized carbons (Fsp3) is 0.208. The van der Waals surface area contributed by atoms with Crippen LogP contribution in [0.1, 0.15) is 35.4 Å². The third-order valence-corrected chi connectivity index (χ3v) is 5.81. The Balaban J connectivity index is 1.41. The molecule has 30 heavy (non-hydrogen) atoms. The first-order chi connectivity index (χ1) is 14.8. The second-order valence-electron chi connectivity index (χ2n) is 7.50. The highest BCUT2D eigenvalue weighted by atomic mass is 16.7. The van der Waals surface area contributed by atoms with E-state index in [1.54, 1.807) is 7.11 Å². The van der Waals surface area contributed by atoms with Gasteiger partial charge in [-0.25, -0.2) is 5.01 Å². The molecule has 6 nitrogen and oxygen atoms in total. The molecule has 0 aliphatic carbocycles. The lowest BCUT2D eigenvalue weighted by Gasteiger charge is -2.38. The van der Waals surface area contributed by atoms with Crippen LogP contribution in [0.25, 0.3) is 0 Å². The van der Waals surface area contributed by atoms with Crippen molar-refractivity contribution in [2.75, 3.05) is 13.9 Å². The van der Waals surface area contributed by atoms with E-state index < -0.39 is 0 Å². The van der Waals surface area contributed by atoms with Gasteiger partial charge < -0.3 is 18.9 Å². The van der Waals surface area contributed by atoms with Gasteiger partial charge in [-0.05, 0) is 48.5 Å². The number of hydrazone groups is 1. The van der Waals surface area contributed by atoms with Gasteiger partial charge in [0.05, 0.1) is 18.9 Å². The van der Waals surface area contributed by atoms with Gasteiger partial charge in [-0.1, -0.05) is 18.2 Å². The number of nitrogens with zero attached hydrogens (tertiary/aromatic N) is 2. The lowest BCUT2D eigenvalue weighted by Crippen LogP contribution is -2.33. The molecule has 0 spiro atoms. The number of methoxy groups -OCH3 is 1. The molecule has 0 saturated carbocycles. The Kier molecular flexibility index (Phi) is 3.84. The Morgan fingerprint density at radius 1 is 0.933 bits per heavy atom. The molecule has 3 aromatic carbocycles. The van der Waals surface area contributed by atoms with Crippen molar-refractivity contribution in [3.63, 3.8) is 0 Å². The molecule has 0 fully saturated rings. The lowest BCUT2D eigenvalue weighted by atomic mass is 9.96. The van der Waals surface area contributed by atoms with Gasteiger partial charge in [-0.15, -0.1) is 0 Å². The molecule has 150 valence electrons. The second-order valence-corrected chi connectivity index (χ2v) is 7.50. The third kappa shape index (κ3) is 2.68. The van der Waals surface area contributed by atoms with Crippen molar-refractivity contribution in [1.82, 2.24) is 5.01 Å². The van der Waals surface area contributed by atoms with Gasteiger partial charge in [-0.3, -0.25) is 0 Å². The van der Waals surface area contributed by atoms with Crippen molar-refractivity contribution in [2.24, 2.45) is 5.10 Å². The smallest absolute Gasteiger partial charge is 0.231 e. The van der Waals surface area contributed by atoms with Crippen molar-refractivity contribution in [1.29, 1.82) is 0 Å². The Bertz CT molecular complexity index is 1140. The number of hydrogen-bond acceptors (Lipinski definition) is 6. The van der Waals surface area contributed by atoms with Gasteiger partial charge >= 0.3 is 0 Å². The van der Waals surface area contributed by atoms with Crippen LogP contribution in [0, 0.1) is 0 Å². The predicted octanol–water partition coefficient (Wildman–Crippen LogP) is 4.67. The molecule has 3 aliphatic heterocycles. The van der Waals surface area contributed by atoms with Crippen LogP contribution in [-0.4, -0.2) is 24.6 Å². The molecule has 0 aromatic heterocycles. The van der Waals surface area contributed by atoms with Gasteiger partial charge in [0.25, 0.3) is 0 Å². The van der Waals surface area contributed by atoms with Crippen LogP contribution in [0.5, 0.6) is 23.0 Å². The molecule has 6 rings (SSSR count). The quantitative estimate of drug-likeness (QED) is 0.640. The maximum absolute atomic E-state index is 6.40. The van der Waals surface area contributed by atoms with Crippen LogP contribution in [0.2, 0.25) is 0 Å². The molecule has 3 aliphatic rings. The zero-order chi connectivity index (χ0) is 20.1. The summed E-state index contributed by atoms with van der Waals surface area (Å²) < 4.78 is 22.7. The zero-order valence-electron chi connectivity index (χ0n) is 16.4. The summed E-state index contributed by atoms with van der Waals surface area (Å²) in [6.45, 7) is 0.265. The van der Waals surface area contributed by atoms with Crippen LogP contribution in [0.4, 0.5) is 0 Å². The number of para-hydroxylation sites is 1. The minimum absolute atomic E-state index is 0.113. The van der Waals surface area contributed by atoms with Gasteiger partial charge in [0.2, 0.25) is 13.0 Å². The van der Waals surface area contributed by atoms with Crippen molar-refractivity contribution >= 4 is 5.71 Å². The highest BCUT2D eigenvalue weighted by molar-refractivity contribution is 6.02. The molecule has 2 atom stereocenters. The van der Waals surface area contributed by atoms with Crippen LogP contribution >= 0.6 is 0 Å². The van der Waals surface area contributed by atoms with Gasteiger partial charge in [0.1, 0.15) is 11.5 Å². The molecule has 6 heteroatoms. The topological polar surface area (TPSA) is 52.5 Å². The summed E-state index contributed by atoms with van der Waals surface area (Å²) in [5, 5.41) is 7.08. The fourth-order valence-electron chi connectivity index (χ4n) is 4.27. The Morgan fingerprint density at radius 2 is 1.77 bits per heavy atom. The number of ether oxygens (including phenoxy) is 4. The third-order valence-electron chi connectivity index (χ3n) is 5.81.